The predicted octanol–water partition coefficient (Wildman–Crippen LogP) is 6.80. The second-order valence-corrected chi connectivity index (χ2v) is 16.9. The Balaban J connectivity index is 1.15. The second-order valence-electron chi connectivity index (χ2n) is 15.2. The summed E-state index contributed by atoms with van der Waals surface area (Å²) in [7, 11) is 1.08. The van der Waals surface area contributed by atoms with E-state index in [4.69, 9.17) is 51.6 Å². The zero-order valence-corrected chi connectivity index (χ0v) is 36.5. The molecular weight excluding hydrogens is 879 g/mol. The molecule has 3 aliphatic rings. The third-order valence-electron chi connectivity index (χ3n) is 11.2. The molecule has 3 aliphatic heterocycles. The number of methoxy groups -OCH3 is 1. The van der Waals surface area contributed by atoms with E-state index in [9.17, 15) is 33.9 Å². The van der Waals surface area contributed by atoms with E-state index in [0.717, 1.165) is 55.7 Å². The van der Waals surface area contributed by atoms with Gasteiger partial charge in [-0.1, -0.05) is 48.5 Å². The Morgan fingerprint density at radius 3 is 1.68 bits per heavy atom. The SMILES string of the molecule is COC(=O)[C@H]1O[C@@H](Oc2cc3c(c4ccccc24)[C@H](CCl)CN3C(=O)c2ccc(C(=O)N3C[C@@H](CCl)c4c3cc(O)c3ccccc43)s2)[C@H](OC(C)=O)[C@@H](OC(C)=O)[C@@H]1OC(C)=O. The summed E-state index contributed by atoms with van der Waals surface area (Å²) in [5.41, 5.74) is 2.61. The lowest BCUT2D eigenvalue weighted by molar-refractivity contribution is -0.282. The van der Waals surface area contributed by atoms with E-state index in [-0.39, 0.29) is 59.0 Å². The van der Waals surface area contributed by atoms with Crippen molar-refractivity contribution < 1.29 is 62.3 Å². The number of aromatic hydroxyl groups is 1. The Hall–Kier alpha value is -5.94. The van der Waals surface area contributed by atoms with E-state index < -0.39 is 60.5 Å². The second kappa shape index (κ2) is 17.7. The van der Waals surface area contributed by atoms with Crippen LogP contribution in [0.3, 0.4) is 0 Å². The van der Waals surface area contributed by atoms with Crippen LogP contribution in [-0.2, 0) is 42.9 Å². The van der Waals surface area contributed by atoms with Crippen LogP contribution in [0.15, 0.2) is 72.8 Å². The number of hydrogen-bond acceptors (Lipinski definition) is 14. The van der Waals surface area contributed by atoms with Crippen LogP contribution in [0.25, 0.3) is 21.5 Å². The third-order valence-corrected chi connectivity index (χ3v) is 13.0. The molecule has 18 heteroatoms. The molecule has 63 heavy (non-hydrogen) atoms. The molecule has 0 aliphatic carbocycles. The fourth-order valence-electron chi connectivity index (χ4n) is 8.71. The number of carbonyl (C=O) groups is 6. The van der Waals surface area contributed by atoms with Crippen molar-refractivity contribution in [2.24, 2.45) is 0 Å². The number of phenols is 1. The lowest BCUT2D eigenvalue weighted by Crippen LogP contribution is -2.64. The van der Waals surface area contributed by atoms with Gasteiger partial charge in [-0.25, -0.2) is 4.79 Å². The first-order valence-corrected chi connectivity index (χ1v) is 21.7. The highest BCUT2D eigenvalue weighted by atomic mass is 35.5. The van der Waals surface area contributed by atoms with Crippen molar-refractivity contribution in [3.63, 3.8) is 0 Å². The summed E-state index contributed by atoms with van der Waals surface area (Å²) in [6, 6.07) is 20.9. The number of anilines is 2. The first-order valence-electron chi connectivity index (χ1n) is 19.8. The zero-order chi connectivity index (χ0) is 44.9. The topological polar surface area (TPSA) is 185 Å². The zero-order valence-electron chi connectivity index (χ0n) is 34.2. The van der Waals surface area contributed by atoms with E-state index in [1.165, 1.54) is 0 Å². The molecule has 0 radical (unpaired) electrons. The highest BCUT2D eigenvalue weighted by Crippen LogP contribution is 2.48. The number of ether oxygens (including phenoxy) is 6. The van der Waals surface area contributed by atoms with Crippen LogP contribution in [0.5, 0.6) is 11.5 Å². The number of alkyl halides is 2. The molecule has 1 saturated heterocycles. The van der Waals surface area contributed by atoms with E-state index in [1.807, 2.05) is 30.3 Å². The Bertz CT molecular complexity index is 2690. The van der Waals surface area contributed by atoms with E-state index in [0.29, 0.717) is 32.4 Å². The summed E-state index contributed by atoms with van der Waals surface area (Å²) in [5, 5.41) is 13.6. The van der Waals surface area contributed by atoms with Gasteiger partial charge >= 0.3 is 23.9 Å². The number of halogens is 2. The lowest BCUT2D eigenvalue weighted by atomic mass is 9.95. The predicted molar refractivity (Wildman–Crippen MR) is 232 cm³/mol. The Morgan fingerprint density at radius 2 is 1.16 bits per heavy atom. The molecular formula is C45H40Cl2N2O13S. The van der Waals surface area contributed by atoms with Crippen LogP contribution in [0, 0.1) is 0 Å². The molecule has 0 unspecified atom stereocenters. The normalized spacial score (nSPS) is 22.6. The fourth-order valence-corrected chi connectivity index (χ4v) is 10.1. The molecule has 328 valence electrons. The average Bonchev–Trinajstić information content (AvgIpc) is 4.01. The number of fused-ring (bicyclic) bond motifs is 6. The van der Waals surface area contributed by atoms with Gasteiger partial charge in [-0.3, -0.25) is 24.0 Å². The summed E-state index contributed by atoms with van der Waals surface area (Å²) in [4.78, 5) is 82.8. The quantitative estimate of drug-likeness (QED) is 0.0878. The lowest BCUT2D eigenvalue weighted by Gasteiger charge is -2.43. The van der Waals surface area contributed by atoms with Gasteiger partial charge in [0.25, 0.3) is 11.8 Å². The van der Waals surface area contributed by atoms with Crippen LogP contribution in [0.1, 0.15) is 63.1 Å². The molecule has 1 N–H and O–H groups in total. The van der Waals surface area contributed by atoms with Gasteiger partial charge in [-0.05, 0) is 34.0 Å². The Labute approximate surface area is 374 Å². The van der Waals surface area contributed by atoms with Crippen molar-refractivity contribution in [2.45, 2.75) is 63.3 Å². The Morgan fingerprint density at radius 1 is 0.683 bits per heavy atom. The number of esters is 4. The highest BCUT2D eigenvalue weighted by Gasteiger charge is 2.56. The molecule has 4 heterocycles. The van der Waals surface area contributed by atoms with Gasteiger partial charge in [0, 0.05) is 80.4 Å². The number of nitrogens with zero attached hydrogens (tertiary/aromatic N) is 2. The summed E-state index contributed by atoms with van der Waals surface area (Å²) in [5.74, 6) is -4.27. The number of carbonyl (C=O) groups excluding carboxylic acids is 6. The smallest absolute Gasteiger partial charge is 0.339 e. The first kappa shape index (κ1) is 43.7. The number of phenolic OH excluding ortho intramolecular Hbond substituents is 1. The van der Waals surface area contributed by atoms with Crippen LogP contribution in [0.4, 0.5) is 11.4 Å². The van der Waals surface area contributed by atoms with Crippen molar-refractivity contribution in [2.75, 3.05) is 41.8 Å². The molecule has 2 amide bonds. The number of amides is 2. The van der Waals surface area contributed by atoms with Crippen molar-refractivity contribution >= 4 is 103 Å². The summed E-state index contributed by atoms with van der Waals surface area (Å²) >= 11 is 14.0. The van der Waals surface area contributed by atoms with Gasteiger partial charge in [0.15, 0.2) is 18.3 Å². The molecule has 7 atom stereocenters. The standard InChI is InChI=1S/C45H40Cl2N2O13S/c1-21(50)58-38-39(59-22(2)51)41(60-23(3)52)45(62-40(38)44(56)57-4)61-33-16-31-37(29-12-8-6-10-27(29)33)25(18-47)20-49(31)43(55)35-14-13-34(63-35)42(54)48-19-24(17-46)36-28-11-7-5-9-26(28)32(53)15-30(36)48/h5-16,24-25,38-41,45,53H,17-20H2,1-4H3/t24-,25-,38+,39+,40+,41-,45-/m1/s1. The van der Waals surface area contributed by atoms with E-state index in [1.54, 1.807) is 52.3 Å². The van der Waals surface area contributed by atoms with Gasteiger partial charge in [0.1, 0.15) is 11.5 Å². The minimum Gasteiger partial charge on any atom is -0.507 e. The summed E-state index contributed by atoms with van der Waals surface area (Å²) in [6.07, 6.45) is -8.13. The van der Waals surface area contributed by atoms with Crippen molar-refractivity contribution in [3.8, 4) is 11.5 Å². The van der Waals surface area contributed by atoms with Gasteiger partial charge in [0.05, 0.1) is 28.2 Å². The number of hydrogen-bond donors (Lipinski definition) is 1. The van der Waals surface area contributed by atoms with Gasteiger partial charge < -0.3 is 43.3 Å². The minimum absolute atomic E-state index is 0.0347. The fraction of sp³-hybridized carbons (Fsp3) is 0.333. The Kier molecular flexibility index (Phi) is 12.3. The summed E-state index contributed by atoms with van der Waals surface area (Å²) < 4.78 is 34.0. The highest BCUT2D eigenvalue weighted by molar-refractivity contribution is 7.16. The maximum atomic E-state index is 14.6. The van der Waals surface area contributed by atoms with Crippen molar-refractivity contribution in [3.05, 3.63) is 93.7 Å². The molecule has 0 spiro atoms. The van der Waals surface area contributed by atoms with Gasteiger partial charge in [-0.2, -0.15) is 0 Å². The number of rotatable bonds is 10. The molecule has 5 aromatic rings. The van der Waals surface area contributed by atoms with Crippen LogP contribution in [0.2, 0.25) is 0 Å². The average molecular weight is 920 g/mol. The molecule has 0 bridgehead atoms. The van der Waals surface area contributed by atoms with Crippen LogP contribution < -0.4 is 14.5 Å². The van der Waals surface area contributed by atoms with Crippen molar-refractivity contribution in [1.29, 1.82) is 0 Å². The number of benzene rings is 4. The maximum Gasteiger partial charge on any atom is 0.339 e. The van der Waals surface area contributed by atoms with Gasteiger partial charge in [0.2, 0.25) is 12.4 Å². The van der Waals surface area contributed by atoms with Gasteiger partial charge in [-0.15, -0.1) is 34.5 Å². The largest absolute Gasteiger partial charge is 0.507 e. The first-order chi connectivity index (χ1) is 30.2. The molecule has 0 saturated carbocycles. The molecule has 8 rings (SSSR count). The minimum atomic E-state index is -1.70. The monoisotopic (exact) mass is 918 g/mol. The molecule has 15 nitrogen and oxygen atoms in total. The van der Waals surface area contributed by atoms with Crippen LogP contribution >= 0.6 is 34.5 Å². The molecule has 4 aromatic carbocycles. The van der Waals surface area contributed by atoms with E-state index in [2.05, 4.69) is 0 Å². The third kappa shape index (κ3) is 8.01. The maximum absolute atomic E-state index is 14.6. The van der Waals surface area contributed by atoms with E-state index >= 15 is 0 Å². The molecule has 1 aromatic heterocycles. The summed E-state index contributed by atoms with van der Waals surface area (Å²) in [6.45, 7) is 3.73. The number of thiophene rings is 1. The van der Waals surface area contributed by atoms with Crippen molar-refractivity contribution in [1.82, 2.24) is 0 Å². The molecule has 1 fully saturated rings. The van der Waals surface area contributed by atoms with Crippen LogP contribution in [-0.4, -0.2) is 103 Å².